The predicted octanol–water partition coefficient (Wildman–Crippen LogP) is 13.1. The molecule has 0 bridgehead atoms. The van der Waals surface area contributed by atoms with Crippen LogP contribution >= 0.6 is 0 Å². The van der Waals surface area contributed by atoms with Crippen LogP contribution in [0.1, 0.15) is 0 Å². The quantitative estimate of drug-likeness (QED) is 0.178. The van der Waals surface area contributed by atoms with Crippen LogP contribution in [0.5, 0.6) is 0 Å². The van der Waals surface area contributed by atoms with Crippen molar-refractivity contribution < 1.29 is 0 Å². The van der Waals surface area contributed by atoms with Gasteiger partial charge in [0.1, 0.15) is 0 Å². The van der Waals surface area contributed by atoms with Gasteiger partial charge in [-0.1, -0.05) is 158 Å². The summed E-state index contributed by atoms with van der Waals surface area (Å²) in [5.41, 5.74) is 8.27. The van der Waals surface area contributed by atoms with E-state index in [1.54, 1.807) is 0 Å². The predicted molar refractivity (Wildman–Crippen MR) is 202 cm³/mol. The van der Waals surface area contributed by atoms with Gasteiger partial charge in [0.25, 0.3) is 0 Å². The molecule has 220 valence electrons. The lowest BCUT2D eigenvalue weighted by Gasteiger charge is -2.28. The van der Waals surface area contributed by atoms with Gasteiger partial charge in [0, 0.05) is 16.8 Å². The van der Waals surface area contributed by atoms with E-state index < -0.39 is 0 Å². The second kappa shape index (κ2) is 11.3. The van der Waals surface area contributed by atoms with E-state index in [0.717, 1.165) is 17.1 Å². The fourth-order valence-corrected chi connectivity index (χ4v) is 7.24. The molecule has 0 radical (unpaired) electrons. The number of fused-ring (bicyclic) bond motifs is 7. The van der Waals surface area contributed by atoms with Crippen LogP contribution in [-0.4, -0.2) is 0 Å². The highest BCUT2D eigenvalue weighted by Gasteiger charge is 2.19. The van der Waals surface area contributed by atoms with Crippen molar-refractivity contribution in [3.05, 3.63) is 188 Å². The SMILES string of the molecule is c1ccc(-c2ccc(N(c3ccc4c5ccccc5c5ccccc5c4c3)c3ccc(-c4ccccc4)c4ccccc34)cc2)cc1. The molecule has 0 amide bonds. The fourth-order valence-electron chi connectivity index (χ4n) is 7.24. The van der Waals surface area contributed by atoms with Crippen LogP contribution < -0.4 is 4.90 Å². The maximum absolute atomic E-state index is 2.43. The summed E-state index contributed by atoms with van der Waals surface area (Å²) in [6.45, 7) is 0. The maximum atomic E-state index is 2.43. The molecule has 0 aliphatic rings. The summed E-state index contributed by atoms with van der Waals surface area (Å²) >= 11 is 0. The van der Waals surface area contributed by atoms with E-state index in [0.29, 0.717) is 0 Å². The topological polar surface area (TPSA) is 3.24 Å². The van der Waals surface area contributed by atoms with Crippen molar-refractivity contribution in [2.24, 2.45) is 0 Å². The second-order valence-electron chi connectivity index (χ2n) is 12.1. The normalized spacial score (nSPS) is 11.4. The van der Waals surface area contributed by atoms with E-state index in [4.69, 9.17) is 0 Å². The molecular formula is C46H31N. The first-order valence-electron chi connectivity index (χ1n) is 16.2. The van der Waals surface area contributed by atoms with E-state index in [9.17, 15) is 0 Å². The van der Waals surface area contributed by atoms with Crippen molar-refractivity contribution in [1.82, 2.24) is 0 Å². The third kappa shape index (κ3) is 4.64. The molecule has 47 heavy (non-hydrogen) atoms. The molecule has 1 heteroatoms. The number of hydrogen-bond donors (Lipinski definition) is 0. The number of hydrogen-bond acceptors (Lipinski definition) is 1. The van der Waals surface area contributed by atoms with Crippen LogP contribution in [0.15, 0.2) is 188 Å². The van der Waals surface area contributed by atoms with Crippen LogP contribution in [0.2, 0.25) is 0 Å². The lowest BCUT2D eigenvalue weighted by molar-refractivity contribution is 1.30. The Balaban J connectivity index is 1.30. The molecule has 0 aliphatic carbocycles. The Morgan fingerprint density at radius 1 is 0.255 bits per heavy atom. The number of nitrogens with zero attached hydrogens (tertiary/aromatic N) is 1. The van der Waals surface area contributed by atoms with Crippen LogP contribution in [0, 0.1) is 0 Å². The molecule has 0 N–H and O–H groups in total. The molecule has 0 aliphatic heterocycles. The molecule has 0 heterocycles. The number of rotatable bonds is 5. The summed E-state index contributed by atoms with van der Waals surface area (Å²) in [5.74, 6) is 0. The maximum Gasteiger partial charge on any atom is 0.0540 e. The van der Waals surface area contributed by atoms with E-state index in [1.165, 1.54) is 65.3 Å². The molecule has 0 saturated carbocycles. The van der Waals surface area contributed by atoms with Gasteiger partial charge in [0.05, 0.1) is 5.69 Å². The van der Waals surface area contributed by atoms with Crippen molar-refractivity contribution in [3.8, 4) is 22.3 Å². The molecular weight excluding hydrogens is 567 g/mol. The minimum Gasteiger partial charge on any atom is -0.310 e. The van der Waals surface area contributed by atoms with E-state index in [-0.39, 0.29) is 0 Å². The minimum atomic E-state index is 1.12. The van der Waals surface area contributed by atoms with Crippen molar-refractivity contribution in [2.45, 2.75) is 0 Å². The smallest absolute Gasteiger partial charge is 0.0540 e. The Hall–Kier alpha value is -6.18. The van der Waals surface area contributed by atoms with Gasteiger partial charge in [-0.3, -0.25) is 0 Å². The average Bonchev–Trinajstić information content (AvgIpc) is 3.16. The summed E-state index contributed by atoms with van der Waals surface area (Å²) in [6.07, 6.45) is 0. The van der Waals surface area contributed by atoms with Crippen molar-refractivity contribution in [2.75, 3.05) is 4.90 Å². The van der Waals surface area contributed by atoms with Crippen LogP contribution in [-0.2, 0) is 0 Å². The third-order valence-electron chi connectivity index (χ3n) is 9.45. The monoisotopic (exact) mass is 597 g/mol. The van der Waals surface area contributed by atoms with Gasteiger partial charge in [-0.15, -0.1) is 0 Å². The molecule has 1 nitrogen and oxygen atoms in total. The highest BCUT2D eigenvalue weighted by Crippen LogP contribution is 2.44. The molecule has 9 rings (SSSR count). The van der Waals surface area contributed by atoms with E-state index in [2.05, 4.69) is 193 Å². The molecule has 0 aromatic heterocycles. The molecule has 0 saturated heterocycles. The summed E-state index contributed by atoms with van der Waals surface area (Å²) in [7, 11) is 0. The number of benzene rings is 9. The Morgan fingerprint density at radius 3 is 1.32 bits per heavy atom. The summed E-state index contributed by atoms with van der Waals surface area (Å²) < 4.78 is 0. The van der Waals surface area contributed by atoms with Crippen molar-refractivity contribution in [1.29, 1.82) is 0 Å². The Kier molecular flexibility index (Phi) is 6.54. The zero-order chi connectivity index (χ0) is 31.2. The van der Waals surface area contributed by atoms with Gasteiger partial charge in [-0.2, -0.15) is 0 Å². The lowest BCUT2D eigenvalue weighted by Crippen LogP contribution is -2.10. The first kappa shape index (κ1) is 27.2. The number of anilines is 3. The molecule has 0 atom stereocenters. The molecule has 0 fully saturated rings. The molecule has 9 aromatic rings. The fraction of sp³-hybridized carbons (Fsp3) is 0. The van der Waals surface area contributed by atoms with Crippen LogP contribution in [0.25, 0.3) is 65.3 Å². The lowest BCUT2D eigenvalue weighted by atomic mass is 9.93. The Labute approximate surface area is 274 Å². The van der Waals surface area contributed by atoms with Crippen molar-refractivity contribution in [3.63, 3.8) is 0 Å². The largest absolute Gasteiger partial charge is 0.310 e. The van der Waals surface area contributed by atoms with Gasteiger partial charge in [0.15, 0.2) is 0 Å². The zero-order valence-electron chi connectivity index (χ0n) is 25.8. The van der Waals surface area contributed by atoms with Gasteiger partial charge < -0.3 is 4.90 Å². The van der Waals surface area contributed by atoms with Crippen LogP contribution in [0.4, 0.5) is 17.1 Å². The Morgan fingerprint density at radius 2 is 0.702 bits per heavy atom. The van der Waals surface area contributed by atoms with Gasteiger partial charge >= 0.3 is 0 Å². The minimum absolute atomic E-state index is 1.12. The van der Waals surface area contributed by atoms with Gasteiger partial charge in [-0.25, -0.2) is 0 Å². The summed E-state index contributed by atoms with van der Waals surface area (Å²) in [4.78, 5) is 2.43. The third-order valence-corrected chi connectivity index (χ3v) is 9.45. The van der Waals surface area contributed by atoms with E-state index >= 15 is 0 Å². The first-order valence-corrected chi connectivity index (χ1v) is 16.2. The van der Waals surface area contributed by atoms with Gasteiger partial charge in [-0.05, 0) is 90.3 Å². The molecule has 0 spiro atoms. The van der Waals surface area contributed by atoms with Crippen molar-refractivity contribution >= 4 is 60.2 Å². The highest BCUT2D eigenvalue weighted by molar-refractivity contribution is 6.26. The highest BCUT2D eigenvalue weighted by atomic mass is 15.1. The summed E-state index contributed by atoms with van der Waals surface area (Å²) in [6, 6.07) is 68.2. The summed E-state index contributed by atoms with van der Waals surface area (Å²) in [5, 5.41) is 10.1. The van der Waals surface area contributed by atoms with Gasteiger partial charge in [0.2, 0.25) is 0 Å². The molecule has 0 unspecified atom stereocenters. The first-order chi connectivity index (χ1) is 23.3. The second-order valence-corrected chi connectivity index (χ2v) is 12.1. The van der Waals surface area contributed by atoms with Crippen LogP contribution in [0.3, 0.4) is 0 Å². The Bertz CT molecular complexity index is 2510. The standard InChI is InChI=1S/C46H31N/c1-3-13-32(14-4-1)33-23-25-35(26-24-33)47(46-30-29-37(34-15-5-2-6-16-34)38-17-11-12-22-44(38)46)36-27-28-43-41-20-8-7-18-39(41)40-19-9-10-21-42(40)45(43)31-36/h1-31H. The average molecular weight is 598 g/mol. The molecule has 9 aromatic carbocycles. The zero-order valence-corrected chi connectivity index (χ0v) is 25.8. The van der Waals surface area contributed by atoms with E-state index in [1.807, 2.05) is 0 Å².